The molecular formula is C29H23F6NO5. The number of fused-ring (bicyclic) bond motifs is 1. The lowest BCUT2D eigenvalue weighted by Crippen LogP contribution is -2.16. The fourth-order valence-electron chi connectivity index (χ4n) is 4.48. The molecule has 1 heterocycles. The third-order valence-electron chi connectivity index (χ3n) is 6.36. The smallest absolute Gasteiger partial charge is 0.343 e. The Bertz CT molecular complexity index is 1530. The Hall–Kier alpha value is -4.32. The molecule has 1 atom stereocenters. The van der Waals surface area contributed by atoms with Gasteiger partial charge in [-0.15, -0.1) is 0 Å². The zero-order valence-corrected chi connectivity index (χ0v) is 21.7. The zero-order valence-electron chi connectivity index (χ0n) is 21.7. The lowest BCUT2D eigenvalue weighted by molar-refractivity contribution is -0.459. The Morgan fingerprint density at radius 2 is 1.46 bits per heavy atom. The van der Waals surface area contributed by atoms with E-state index in [1.807, 2.05) is 30.3 Å². The van der Waals surface area contributed by atoms with E-state index in [-0.39, 0.29) is 23.6 Å². The summed E-state index contributed by atoms with van der Waals surface area (Å²) >= 11 is 0. The van der Waals surface area contributed by atoms with Crippen LogP contribution in [0.2, 0.25) is 0 Å². The molecule has 3 aromatic carbocycles. The SMILES string of the molecule is CCC(C(=O)OOOC(C)=O)c1cn(Cc2ccccc2)c2ccc(-c3cc(C(F)(F)F)cc(C(F)(F)F)c3)cc12. The van der Waals surface area contributed by atoms with E-state index in [2.05, 4.69) is 14.8 Å². The minimum atomic E-state index is -5.01. The third-order valence-corrected chi connectivity index (χ3v) is 6.36. The summed E-state index contributed by atoms with van der Waals surface area (Å²) < 4.78 is 82.8. The molecule has 0 amide bonds. The van der Waals surface area contributed by atoms with Crippen molar-refractivity contribution in [2.24, 2.45) is 0 Å². The fourth-order valence-corrected chi connectivity index (χ4v) is 4.48. The van der Waals surface area contributed by atoms with Crippen LogP contribution in [0.25, 0.3) is 22.0 Å². The van der Waals surface area contributed by atoms with Crippen LogP contribution in [-0.2, 0) is 43.3 Å². The van der Waals surface area contributed by atoms with Gasteiger partial charge in [-0.25, -0.2) is 9.59 Å². The van der Waals surface area contributed by atoms with Crippen LogP contribution in [0, 0.1) is 0 Å². The number of nitrogens with zero attached hydrogens (tertiary/aromatic N) is 1. The van der Waals surface area contributed by atoms with Crippen LogP contribution in [0.3, 0.4) is 0 Å². The molecule has 4 aromatic rings. The van der Waals surface area contributed by atoms with Gasteiger partial charge in [0.25, 0.3) is 0 Å². The molecule has 0 aliphatic heterocycles. The minimum Gasteiger partial charge on any atom is -0.343 e. The topological polar surface area (TPSA) is 66.8 Å². The molecule has 41 heavy (non-hydrogen) atoms. The number of carbonyl (C=O) groups excluding carboxylic acids is 2. The molecule has 216 valence electrons. The van der Waals surface area contributed by atoms with E-state index in [0.717, 1.165) is 12.5 Å². The molecule has 1 aromatic heterocycles. The molecule has 12 heteroatoms. The van der Waals surface area contributed by atoms with Gasteiger partial charge in [-0.3, -0.25) is 9.78 Å². The molecular weight excluding hydrogens is 556 g/mol. The van der Waals surface area contributed by atoms with Crippen LogP contribution < -0.4 is 0 Å². The Labute approximate surface area is 229 Å². The fraction of sp³-hybridized carbons (Fsp3) is 0.241. The zero-order chi connectivity index (χ0) is 29.9. The third kappa shape index (κ3) is 6.88. The van der Waals surface area contributed by atoms with E-state index in [4.69, 9.17) is 0 Å². The summed E-state index contributed by atoms with van der Waals surface area (Å²) in [5, 5.41) is 4.64. The van der Waals surface area contributed by atoms with E-state index < -0.39 is 41.3 Å². The highest BCUT2D eigenvalue weighted by Crippen LogP contribution is 2.40. The van der Waals surface area contributed by atoms with Gasteiger partial charge in [-0.2, -0.15) is 26.3 Å². The Morgan fingerprint density at radius 3 is 2.02 bits per heavy atom. The largest absolute Gasteiger partial charge is 0.416 e. The summed E-state index contributed by atoms with van der Waals surface area (Å²) in [6.07, 6.45) is -8.18. The van der Waals surface area contributed by atoms with Crippen LogP contribution in [0.5, 0.6) is 0 Å². The van der Waals surface area contributed by atoms with Crippen molar-refractivity contribution in [3.8, 4) is 11.1 Å². The average Bonchev–Trinajstić information content (AvgIpc) is 3.25. The maximum absolute atomic E-state index is 13.5. The number of benzene rings is 3. The maximum Gasteiger partial charge on any atom is 0.416 e. The highest BCUT2D eigenvalue weighted by atomic mass is 19.4. The summed E-state index contributed by atoms with van der Waals surface area (Å²) in [4.78, 5) is 32.6. The number of rotatable bonds is 8. The summed E-state index contributed by atoms with van der Waals surface area (Å²) in [5.41, 5.74) is -1.25. The monoisotopic (exact) mass is 579 g/mol. The number of halogens is 6. The molecule has 0 bridgehead atoms. The summed E-state index contributed by atoms with van der Waals surface area (Å²) in [7, 11) is 0. The van der Waals surface area contributed by atoms with E-state index in [0.29, 0.717) is 35.1 Å². The first-order chi connectivity index (χ1) is 19.3. The number of hydrogen-bond donors (Lipinski definition) is 0. The molecule has 4 rings (SSSR count). The predicted octanol–water partition coefficient (Wildman–Crippen LogP) is 7.84. The van der Waals surface area contributed by atoms with Crippen LogP contribution in [0.15, 0.2) is 72.9 Å². The van der Waals surface area contributed by atoms with Gasteiger partial charge >= 0.3 is 24.3 Å². The molecule has 0 fully saturated rings. The van der Waals surface area contributed by atoms with Crippen molar-refractivity contribution in [3.05, 3.63) is 95.2 Å². The second-order valence-corrected chi connectivity index (χ2v) is 9.23. The normalized spacial score (nSPS) is 12.8. The number of alkyl halides is 6. The molecule has 0 aliphatic carbocycles. The van der Waals surface area contributed by atoms with Gasteiger partial charge in [0.2, 0.25) is 0 Å². The summed E-state index contributed by atoms with van der Waals surface area (Å²) in [6.45, 7) is 3.06. The summed E-state index contributed by atoms with van der Waals surface area (Å²) in [6, 6.07) is 15.1. The van der Waals surface area contributed by atoms with Crippen molar-refractivity contribution in [3.63, 3.8) is 0 Å². The van der Waals surface area contributed by atoms with E-state index in [9.17, 15) is 35.9 Å². The second kappa shape index (κ2) is 11.7. The standard InChI is InChI=1S/C29H23F6NO5/c1-3-23(27(38)40-41-39-17(2)37)25-16-36(15-18-7-5-4-6-8-18)26-10-9-19(13-24(25)26)20-11-21(28(30,31)32)14-22(12-20)29(33,34)35/h4-14,16,23H,3,15H2,1-2H3. The van der Waals surface area contributed by atoms with E-state index in [1.54, 1.807) is 23.8 Å². The highest BCUT2D eigenvalue weighted by Gasteiger charge is 2.37. The summed E-state index contributed by atoms with van der Waals surface area (Å²) in [5.74, 6) is -2.77. The Kier molecular flexibility index (Phi) is 8.43. The van der Waals surface area contributed by atoms with Crippen LogP contribution in [-0.4, -0.2) is 16.5 Å². The molecule has 0 aliphatic rings. The van der Waals surface area contributed by atoms with Crippen molar-refractivity contribution in [2.45, 2.75) is 45.1 Å². The minimum absolute atomic E-state index is 0.0655. The van der Waals surface area contributed by atoms with Crippen molar-refractivity contribution >= 4 is 22.8 Å². The molecule has 0 radical (unpaired) electrons. The van der Waals surface area contributed by atoms with Crippen LogP contribution in [0.1, 0.15) is 48.4 Å². The number of aromatic nitrogens is 1. The molecule has 0 saturated heterocycles. The molecule has 1 unspecified atom stereocenters. The van der Waals surface area contributed by atoms with Gasteiger partial charge in [0.1, 0.15) is 0 Å². The van der Waals surface area contributed by atoms with Gasteiger partial charge in [0.05, 0.1) is 17.0 Å². The molecule has 6 nitrogen and oxygen atoms in total. The molecule has 0 spiro atoms. The Balaban J connectivity index is 1.87. The second-order valence-electron chi connectivity index (χ2n) is 9.23. The average molecular weight is 579 g/mol. The van der Waals surface area contributed by atoms with Gasteiger partial charge < -0.3 is 4.57 Å². The first-order valence-electron chi connectivity index (χ1n) is 12.3. The quantitative estimate of drug-likeness (QED) is 0.121. The van der Waals surface area contributed by atoms with Crippen molar-refractivity contribution < 1.29 is 50.7 Å². The van der Waals surface area contributed by atoms with Crippen molar-refractivity contribution in [1.82, 2.24) is 4.57 Å². The van der Waals surface area contributed by atoms with Gasteiger partial charge in [-0.05, 0) is 59.0 Å². The van der Waals surface area contributed by atoms with Crippen LogP contribution in [0.4, 0.5) is 26.3 Å². The van der Waals surface area contributed by atoms with Crippen LogP contribution >= 0.6 is 0 Å². The van der Waals surface area contributed by atoms with Gasteiger partial charge in [0, 0.05) is 35.6 Å². The Morgan fingerprint density at radius 1 is 0.829 bits per heavy atom. The van der Waals surface area contributed by atoms with Crippen molar-refractivity contribution in [1.29, 1.82) is 0 Å². The predicted molar refractivity (Wildman–Crippen MR) is 135 cm³/mol. The lowest BCUT2D eigenvalue weighted by atomic mass is 9.93. The van der Waals surface area contributed by atoms with E-state index >= 15 is 0 Å². The van der Waals surface area contributed by atoms with Gasteiger partial charge in [0.15, 0.2) is 0 Å². The van der Waals surface area contributed by atoms with Gasteiger partial charge in [-0.1, -0.05) is 43.3 Å². The molecule has 0 saturated carbocycles. The number of hydrogen-bond acceptors (Lipinski definition) is 5. The first-order valence-corrected chi connectivity index (χ1v) is 12.3. The van der Waals surface area contributed by atoms with E-state index in [1.165, 1.54) is 12.1 Å². The highest BCUT2D eigenvalue weighted by molar-refractivity contribution is 5.93. The van der Waals surface area contributed by atoms with Crippen molar-refractivity contribution in [2.75, 3.05) is 0 Å². The first kappa shape index (κ1) is 29.7. The maximum atomic E-state index is 13.5. The lowest BCUT2D eigenvalue weighted by Gasteiger charge is -2.15. The molecule has 0 N–H and O–H groups in total. The number of carbonyl (C=O) groups is 2.